The van der Waals surface area contributed by atoms with Gasteiger partial charge < -0.3 is 9.67 Å². The average Bonchev–Trinajstić information content (AvgIpc) is 2.65. The Kier molecular flexibility index (Phi) is 4.04. The van der Waals surface area contributed by atoms with E-state index in [9.17, 15) is 4.79 Å². The number of hydrogen-bond donors (Lipinski definition) is 1. The lowest BCUT2D eigenvalue weighted by Crippen LogP contribution is -2.16. The fourth-order valence-corrected chi connectivity index (χ4v) is 2.69. The van der Waals surface area contributed by atoms with Gasteiger partial charge in [-0.3, -0.25) is 4.79 Å². The standard InChI is InChI=1S/C14H19N3O2S/c1-9-5-6-15-12-11(9)16-13(20-7-10(18)19)17(12)8-14(2,3)4/h5-6H,7-8H2,1-4H3,(H,18,19). The zero-order chi connectivity index (χ0) is 14.9. The minimum Gasteiger partial charge on any atom is -0.481 e. The lowest BCUT2D eigenvalue weighted by atomic mass is 9.97. The summed E-state index contributed by atoms with van der Waals surface area (Å²) >= 11 is 1.24. The number of carbonyl (C=O) groups is 1. The molecule has 0 aliphatic carbocycles. The van der Waals surface area contributed by atoms with Gasteiger partial charge in [0.25, 0.3) is 0 Å². The highest BCUT2D eigenvalue weighted by atomic mass is 32.2. The van der Waals surface area contributed by atoms with E-state index in [1.807, 2.05) is 17.6 Å². The van der Waals surface area contributed by atoms with Crippen LogP contribution in [0.25, 0.3) is 11.2 Å². The topological polar surface area (TPSA) is 68.0 Å². The van der Waals surface area contributed by atoms with Gasteiger partial charge in [-0.2, -0.15) is 0 Å². The lowest BCUT2D eigenvalue weighted by molar-refractivity contribution is -0.133. The molecule has 1 N–H and O–H groups in total. The Labute approximate surface area is 122 Å². The quantitative estimate of drug-likeness (QED) is 0.878. The summed E-state index contributed by atoms with van der Waals surface area (Å²) in [6.45, 7) is 9.16. The van der Waals surface area contributed by atoms with Crippen molar-refractivity contribution in [3.05, 3.63) is 17.8 Å². The number of thioether (sulfide) groups is 1. The molecule has 2 heterocycles. The second kappa shape index (κ2) is 5.44. The number of carboxylic acid groups (broad SMARTS) is 1. The van der Waals surface area contributed by atoms with Gasteiger partial charge in [0.1, 0.15) is 5.52 Å². The Morgan fingerprint density at radius 1 is 1.45 bits per heavy atom. The predicted molar refractivity (Wildman–Crippen MR) is 80.1 cm³/mol. The van der Waals surface area contributed by atoms with Gasteiger partial charge in [0.2, 0.25) is 0 Å². The maximum absolute atomic E-state index is 10.8. The molecule has 0 bridgehead atoms. The zero-order valence-electron chi connectivity index (χ0n) is 12.2. The molecule has 0 aromatic carbocycles. The Bertz CT molecular complexity index is 644. The van der Waals surface area contributed by atoms with E-state index in [2.05, 4.69) is 30.7 Å². The van der Waals surface area contributed by atoms with Crippen LogP contribution in [0.5, 0.6) is 0 Å². The smallest absolute Gasteiger partial charge is 0.313 e. The fraction of sp³-hybridized carbons (Fsp3) is 0.500. The summed E-state index contributed by atoms with van der Waals surface area (Å²) < 4.78 is 2.02. The fourth-order valence-electron chi connectivity index (χ4n) is 1.97. The molecule has 0 fully saturated rings. The molecule has 0 amide bonds. The normalized spacial score (nSPS) is 12.0. The van der Waals surface area contributed by atoms with Crippen molar-refractivity contribution >= 4 is 28.9 Å². The van der Waals surface area contributed by atoms with E-state index >= 15 is 0 Å². The van der Waals surface area contributed by atoms with Gasteiger partial charge in [-0.1, -0.05) is 32.5 Å². The van der Waals surface area contributed by atoms with Gasteiger partial charge in [-0.25, -0.2) is 9.97 Å². The summed E-state index contributed by atoms with van der Waals surface area (Å²) in [5.74, 6) is -0.832. The number of aliphatic carboxylic acids is 1. The van der Waals surface area contributed by atoms with Crippen molar-refractivity contribution in [2.24, 2.45) is 5.41 Å². The zero-order valence-corrected chi connectivity index (χ0v) is 13.0. The minimum absolute atomic E-state index is 0.00646. The van der Waals surface area contributed by atoms with Crippen LogP contribution >= 0.6 is 11.8 Å². The molecule has 108 valence electrons. The van der Waals surface area contributed by atoms with Crippen molar-refractivity contribution < 1.29 is 9.90 Å². The van der Waals surface area contributed by atoms with E-state index in [4.69, 9.17) is 5.11 Å². The van der Waals surface area contributed by atoms with Gasteiger partial charge in [0.05, 0.1) is 5.75 Å². The summed E-state index contributed by atoms with van der Waals surface area (Å²) in [6.07, 6.45) is 1.77. The van der Waals surface area contributed by atoms with Gasteiger partial charge in [-0.05, 0) is 24.0 Å². The third kappa shape index (κ3) is 3.30. The Hall–Kier alpha value is -1.56. The molecule has 0 atom stereocenters. The first kappa shape index (κ1) is 14.8. The molecule has 5 nitrogen and oxygen atoms in total. The molecule has 0 aliphatic heterocycles. The van der Waals surface area contributed by atoms with Crippen LogP contribution in [-0.4, -0.2) is 31.4 Å². The van der Waals surface area contributed by atoms with Crippen LogP contribution in [-0.2, 0) is 11.3 Å². The van der Waals surface area contributed by atoms with Crippen molar-refractivity contribution in [2.45, 2.75) is 39.4 Å². The van der Waals surface area contributed by atoms with Crippen LogP contribution in [0.4, 0.5) is 0 Å². The van der Waals surface area contributed by atoms with Gasteiger partial charge in [-0.15, -0.1) is 0 Å². The number of fused-ring (bicyclic) bond motifs is 1. The van der Waals surface area contributed by atoms with Crippen LogP contribution in [0.3, 0.4) is 0 Å². The summed E-state index contributed by atoms with van der Waals surface area (Å²) in [4.78, 5) is 19.8. The second-order valence-corrected chi connectivity index (χ2v) is 6.97. The number of nitrogens with zero attached hydrogens (tertiary/aromatic N) is 3. The maximum atomic E-state index is 10.8. The number of rotatable bonds is 4. The molecular weight excluding hydrogens is 274 g/mol. The lowest BCUT2D eigenvalue weighted by Gasteiger charge is -2.20. The molecular formula is C14H19N3O2S. The number of imidazole rings is 1. The number of hydrogen-bond acceptors (Lipinski definition) is 4. The highest BCUT2D eigenvalue weighted by molar-refractivity contribution is 7.99. The number of carboxylic acids is 1. The van der Waals surface area contributed by atoms with Crippen molar-refractivity contribution in [1.29, 1.82) is 0 Å². The molecule has 2 aromatic rings. The molecule has 0 saturated heterocycles. The first-order valence-corrected chi connectivity index (χ1v) is 7.43. The molecule has 0 aliphatic rings. The third-order valence-electron chi connectivity index (χ3n) is 2.76. The molecule has 0 unspecified atom stereocenters. The highest BCUT2D eigenvalue weighted by Crippen LogP contribution is 2.28. The maximum Gasteiger partial charge on any atom is 0.313 e. The van der Waals surface area contributed by atoms with E-state index in [0.29, 0.717) is 0 Å². The van der Waals surface area contributed by atoms with Crippen molar-refractivity contribution in [3.63, 3.8) is 0 Å². The summed E-state index contributed by atoms with van der Waals surface area (Å²) in [7, 11) is 0. The van der Waals surface area contributed by atoms with E-state index in [-0.39, 0.29) is 11.2 Å². The van der Waals surface area contributed by atoms with E-state index < -0.39 is 5.97 Å². The van der Waals surface area contributed by atoms with E-state index in [1.165, 1.54) is 11.8 Å². The van der Waals surface area contributed by atoms with E-state index in [0.717, 1.165) is 28.4 Å². The third-order valence-corrected chi connectivity index (χ3v) is 3.72. The summed E-state index contributed by atoms with van der Waals surface area (Å²) in [5.41, 5.74) is 2.80. The summed E-state index contributed by atoms with van der Waals surface area (Å²) in [5, 5.41) is 9.58. The Morgan fingerprint density at radius 2 is 2.15 bits per heavy atom. The number of pyridine rings is 1. The molecule has 6 heteroatoms. The molecule has 0 spiro atoms. The Morgan fingerprint density at radius 3 is 2.75 bits per heavy atom. The average molecular weight is 293 g/mol. The van der Waals surface area contributed by atoms with E-state index in [1.54, 1.807) is 6.20 Å². The van der Waals surface area contributed by atoms with Crippen molar-refractivity contribution in [2.75, 3.05) is 5.75 Å². The van der Waals surface area contributed by atoms with Gasteiger partial charge in [0.15, 0.2) is 10.8 Å². The van der Waals surface area contributed by atoms with Crippen LogP contribution in [0, 0.1) is 12.3 Å². The molecule has 2 rings (SSSR count). The Balaban J connectivity index is 2.50. The van der Waals surface area contributed by atoms with Crippen molar-refractivity contribution in [3.8, 4) is 0 Å². The minimum atomic E-state index is -0.839. The second-order valence-electron chi connectivity index (χ2n) is 6.02. The van der Waals surface area contributed by atoms with Crippen LogP contribution in [0.1, 0.15) is 26.3 Å². The predicted octanol–water partition coefficient (Wildman–Crippen LogP) is 2.96. The molecule has 20 heavy (non-hydrogen) atoms. The van der Waals surface area contributed by atoms with Crippen molar-refractivity contribution in [1.82, 2.24) is 14.5 Å². The number of aromatic nitrogens is 3. The summed E-state index contributed by atoms with van der Waals surface area (Å²) in [6, 6.07) is 1.92. The van der Waals surface area contributed by atoms with Crippen LogP contribution in [0.15, 0.2) is 17.4 Å². The SMILES string of the molecule is Cc1ccnc2c1nc(SCC(=O)O)n2CC(C)(C)C. The van der Waals surface area contributed by atoms with Crippen LogP contribution < -0.4 is 0 Å². The monoisotopic (exact) mass is 293 g/mol. The molecule has 0 radical (unpaired) electrons. The largest absolute Gasteiger partial charge is 0.481 e. The first-order valence-electron chi connectivity index (χ1n) is 6.44. The first-order chi connectivity index (χ1) is 9.28. The number of aryl methyl sites for hydroxylation is 1. The molecule has 0 saturated carbocycles. The van der Waals surface area contributed by atoms with Gasteiger partial charge >= 0.3 is 5.97 Å². The molecule has 2 aromatic heterocycles. The van der Waals surface area contributed by atoms with Crippen LogP contribution in [0.2, 0.25) is 0 Å². The highest BCUT2D eigenvalue weighted by Gasteiger charge is 2.20. The van der Waals surface area contributed by atoms with Gasteiger partial charge in [0, 0.05) is 12.7 Å².